The zero-order valence-electron chi connectivity index (χ0n) is 16.2. The van der Waals surface area contributed by atoms with Crippen LogP contribution in [0.2, 0.25) is 0 Å². The van der Waals surface area contributed by atoms with E-state index in [1.54, 1.807) is 4.90 Å². The van der Waals surface area contributed by atoms with Crippen molar-refractivity contribution in [2.24, 2.45) is 0 Å². The van der Waals surface area contributed by atoms with Gasteiger partial charge in [-0.05, 0) is 43.5 Å². The molecule has 0 atom stereocenters. The zero-order valence-corrected chi connectivity index (χ0v) is 17.8. The largest absolute Gasteiger partial charge is 0.375 e. The lowest BCUT2D eigenvalue weighted by molar-refractivity contribution is -0.136. The molecule has 2 aromatic rings. The van der Waals surface area contributed by atoms with Crippen LogP contribution >= 0.6 is 15.9 Å². The van der Waals surface area contributed by atoms with Crippen LogP contribution < -0.4 is 0 Å². The number of hydrogen-bond acceptors (Lipinski definition) is 4. The number of amides is 2. The lowest BCUT2D eigenvalue weighted by Gasteiger charge is -2.35. The van der Waals surface area contributed by atoms with E-state index in [2.05, 4.69) is 15.9 Å². The Morgan fingerprint density at radius 3 is 2.50 bits per heavy atom. The number of aromatic nitrogens is 1. The van der Waals surface area contributed by atoms with Crippen molar-refractivity contribution in [3.8, 4) is 0 Å². The van der Waals surface area contributed by atoms with Gasteiger partial charge in [-0.1, -0.05) is 15.9 Å². The van der Waals surface area contributed by atoms with Crippen molar-refractivity contribution in [1.29, 1.82) is 0 Å². The molecule has 1 aromatic carbocycles. The molecule has 6 nitrogen and oxygen atoms in total. The number of rotatable bonds is 4. The van der Waals surface area contributed by atoms with Crippen molar-refractivity contribution in [3.63, 3.8) is 0 Å². The minimum Gasteiger partial charge on any atom is -0.375 e. The van der Waals surface area contributed by atoms with Crippen molar-refractivity contribution in [2.75, 3.05) is 39.9 Å². The number of hydrogen-bond donors (Lipinski definition) is 0. The molecule has 1 saturated heterocycles. The first-order valence-corrected chi connectivity index (χ1v) is 10.4. The van der Waals surface area contributed by atoms with Gasteiger partial charge in [-0.3, -0.25) is 14.6 Å². The van der Waals surface area contributed by atoms with Crippen LogP contribution in [0, 0.1) is 6.92 Å². The molecule has 0 unspecified atom stereocenters. The van der Waals surface area contributed by atoms with E-state index < -0.39 is 0 Å². The Bertz CT molecular complexity index is 934. The number of piperazine rings is 1. The molecule has 7 heteroatoms. The predicted octanol–water partition coefficient (Wildman–Crippen LogP) is 3.11. The van der Waals surface area contributed by atoms with Crippen LogP contribution in [0.1, 0.15) is 40.4 Å². The Balaban J connectivity index is 1.65. The molecule has 148 valence electrons. The van der Waals surface area contributed by atoms with E-state index in [4.69, 9.17) is 9.72 Å². The number of pyridine rings is 1. The summed E-state index contributed by atoms with van der Waals surface area (Å²) in [6.07, 6.45) is 2.29. The molecule has 4 rings (SSSR count). The molecular weight excluding hydrogens is 422 g/mol. The van der Waals surface area contributed by atoms with Crippen LogP contribution in [0.25, 0.3) is 10.9 Å². The van der Waals surface area contributed by atoms with Crippen molar-refractivity contribution < 1.29 is 14.3 Å². The van der Waals surface area contributed by atoms with Gasteiger partial charge in [-0.2, -0.15) is 0 Å². The van der Waals surface area contributed by atoms with Gasteiger partial charge < -0.3 is 14.5 Å². The summed E-state index contributed by atoms with van der Waals surface area (Å²) in [7, 11) is 1.52. The van der Waals surface area contributed by atoms with Crippen LogP contribution in [-0.2, 0) is 9.53 Å². The fourth-order valence-corrected chi connectivity index (χ4v) is 4.27. The van der Waals surface area contributed by atoms with E-state index >= 15 is 0 Å². The van der Waals surface area contributed by atoms with Crippen molar-refractivity contribution >= 4 is 38.6 Å². The molecule has 1 aliphatic carbocycles. The molecule has 1 aliphatic heterocycles. The number of halogens is 1. The zero-order chi connectivity index (χ0) is 19.8. The van der Waals surface area contributed by atoms with Gasteiger partial charge >= 0.3 is 0 Å². The van der Waals surface area contributed by atoms with E-state index in [1.807, 2.05) is 30.0 Å². The summed E-state index contributed by atoms with van der Waals surface area (Å²) in [5.41, 5.74) is 3.68. The van der Waals surface area contributed by atoms with Gasteiger partial charge in [0.05, 0.1) is 11.1 Å². The molecule has 0 bridgehead atoms. The highest BCUT2D eigenvalue weighted by molar-refractivity contribution is 9.10. The molecular formula is C21H24BrN3O3. The van der Waals surface area contributed by atoms with Crippen LogP contribution in [0.5, 0.6) is 0 Å². The second-order valence-corrected chi connectivity index (χ2v) is 8.45. The number of carbonyl (C=O) groups excluding carboxylic acids is 2. The van der Waals surface area contributed by atoms with E-state index in [1.165, 1.54) is 7.11 Å². The number of methoxy groups -OCH3 is 1. The number of nitrogens with zero attached hydrogens (tertiary/aromatic N) is 3. The van der Waals surface area contributed by atoms with Gasteiger partial charge in [0, 0.05) is 54.8 Å². The molecule has 28 heavy (non-hydrogen) atoms. The average Bonchev–Trinajstić information content (AvgIpc) is 3.52. The molecule has 0 spiro atoms. The number of fused-ring (bicyclic) bond motifs is 1. The monoisotopic (exact) mass is 445 g/mol. The summed E-state index contributed by atoms with van der Waals surface area (Å²) >= 11 is 3.53. The van der Waals surface area contributed by atoms with Crippen LogP contribution in [0.3, 0.4) is 0 Å². The molecule has 2 heterocycles. The molecule has 2 amide bonds. The van der Waals surface area contributed by atoms with Crippen LogP contribution in [0.15, 0.2) is 22.7 Å². The smallest absolute Gasteiger partial charge is 0.255 e. The van der Waals surface area contributed by atoms with E-state index in [0.717, 1.165) is 45.0 Å². The number of carbonyl (C=O) groups is 2. The lowest BCUT2D eigenvalue weighted by Crippen LogP contribution is -2.51. The summed E-state index contributed by atoms with van der Waals surface area (Å²) in [5, 5.41) is 0.888. The molecule has 1 aromatic heterocycles. The molecule has 0 radical (unpaired) electrons. The number of benzene rings is 1. The third kappa shape index (κ3) is 3.65. The van der Waals surface area contributed by atoms with Gasteiger partial charge in [-0.25, -0.2) is 0 Å². The van der Waals surface area contributed by atoms with Crippen molar-refractivity contribution in [3.05, 3.63) is 39.5 Å². The van der Waals surface area contributed by atoms with Crippen LogP contribution in [-0.4, -0.2) is 66.5 Å². The highest BCUT2D eigenvalue weighted by atomic mass is 79.9. The van der Waals surface area contributed by atoms with Gasteiger partial charge in [0.25, 0.3) is 5.91 Å². The van der Waals surface area contributed by atoms with Gasteiger partial charge in [0.15, 0.2) is 0 Å². The standard InChI is InChI=1S/C21H24BrN3O3/c1-13-19(21(27)25-9-7-24(8-10-25)18(26)12-28-2)16-11-15(22)5-6-17(16)23-20(13)14-3-4-14/h5-6,11,14H,3-4,7-10,12H2,1-2H3. The van der Waals surface area contributed by atoms with Gasteiger partial charge in [0.1, 0.15) is 6.61 Å². The lowest BCUT2D eigenvalue weighted by atomic mass is 9.98. The topological polar surface area (TPSA) is 62.7 Å². The Hall–Kier alpha value is -1.99. The van der Waals surface area contributed by atoms with E-state index in [9.17, 15) is 9.59 Å². The third-order valence-electron chi connectivity index (χ3n) is 5.59. The Morgan fingerprint density at radius 1 is 1.18 bits per heavy atom. The summed E-state index contributed by atoms with van der Waals surface area (Å²) in [4.78, 5) is 34.0. The highest BCUT2D eigenvalue weighted by Crippen LogP contribution is 2.42. The first-order valence-electron chi connectivity index (χ1n) is 9.65. The first kappa shape index (κ1) is 19.3. The third-order valence-corrected chi connectivity index (χ3v) is 6.09. The van der Waals surface area contributed by atoms with E-state index in [0.29, 0.717) is 32.1 Å². The van der Waals surface area contributed by atoms with Gasteiger partial charge in [0.2, 0.25) is 5.91 Å². The Kier molecular flexibility index (Phi) is 5.38. The van der Waals surface area contributed by atoms with Crippen LogP contribution in [0.4, 0.5) is 0 Å². The second kappa shape index (κ2) is 7.79. The minimum absolute atomic E-state index is 0.0277. The summed E-state index contributed by atoms with van der Waals surface area (Å²) < 4.78 is 5.87. The maximum absolute atomic E-state index is 13.5. The average molecular weight is 446 g/mol. The fourth-order valence-electron chi connectivity index (χ4n) is 3.91. The fraction of sp³-hybridized carbons (Fsp3) is 0.476. The molecule has 1 saturated carbocycles. The highest BCUT2D eigenvalue weighted by Gasteiger charge is 2.32. The van der Waals surface area contributed by atoms with E-state index in [-0.39, 0.29) is 18.4 Å². The quantitative estimate of drug-likeness (QED) is 0.724. The predicted molar refractivity (Wildman–Crippen MR) is 111 cm³/mol. The SMILES string of the molecule is COCC(=O)N1CCN(C(=O)c2c(C)c(C3CC3)nc3ccc(Br)cc23)CC1. The maximum Gasteiger partial charge on any atom is 0.255 e. The summed E-state index contributed by atoms with van der Waals surface area (Å²) in [5.74, 6) is 0.479. The first-order chi connectivity index (χ1) is 13.5. The van der Waals surface area contributed by atoms with Crippen molar-refractivity contribution in [1.82, 2.24) is 14.8 Å². The molecule has 2 fully saturated rings. The summed E-state index contributed by atoms with van der Waals surface area (Å²) in [6, 6.07) is 5.93. The number of ether oxygens (including phenoxy) is 1. The van der Waals surface area contributed by atoms with Gasteiger partial charge in [-0.15, -0.1) is 0 Å². The molecule has 2 aliphatic rings. The second-order valence-electron chi connectivity index (χ2n) is 7.54. The molecule has 0 N–H and O–H groups in total. The Labute approximate surface area is 173 Å². The summed E-state index contributed by atoms with van der Waals surface area (Å²) in [6.45, 7) is 4.24. The minimum atomic E-state index is -0.0277. The van der Waals surface area contributed by atoms with Crippen molar-refractivity contribution in [2.45, 2.75) is 25.7 Å². The Morgan fingerprint density at radius 2 is 1.86 bits per heavy atom. The maximum atomic E-state index is 13.5. The normalized spacial score (nSPS) is 17.2.